The van der Waals surface area contributed by atoms with E-state index in [0.717, 1.165) is 12.1 Å². The van der Waals surface area contributed by atoms with Crippen molar-refractivity contribution in [2.45, 2.75) is 36.7 Å². The van der Waals surface area contributed by atoms with Crippen molar-refractivity contribution in [3.8, 4) is 0 Å². The normalized spacial score (nSPS) is 21.3. The van der Waals surface area contributed by atoms with Gasteiger partial charge in [0.2, 0.25) is 0 Å². The summed E-state index contributed by atoms with van der Waals surface area (Å²) in [6.07, 6.45) is 0.654. The van der Waals surface area contributed by atoms with Crippen LogP contribution in [-0.2, 0) is 20.1 Å². The van der Waals surface area contributed by atoms with Crippen LogP contribution in [0.3, 0.4) is 0 Å². The van der Waals surface area contributed by atoms with Crippen LogP contribution in [0.15, 0.2) is 42.5 Å². The first kappa shape index (κ1) is 19.7. The number of nitrogens with one attached hydrogen (secondary N) is 1. The van der Waals surface area contributed by atoms with E-state index in [1.807, 2.05) is 0 Å². The van der Waals surface area contributed by atoms with E-state index in [2.05, 4.69) is 5.32 Å². The predicted octanol–water partition coefficient (Wildman–Crippen LogP) is 3.06. The third kappa shape index (κ3) is 2.89. The second-order valence-electron chi connectivity index (χ2n) is 7.24. The first-order valence-corrected chi connectivity index (χ1v) is 10.3. The lowest BCUT2D eigenvalue weighted by atomic mass is 10.1. The Kier molecular flexibility index (Phi) is 4.22. The van der Waals surface area contributed by atoms with Crippen molar-refractivity contribution < 1.29 is 31.5 Å². The molecule has 1 heterocycles. The van der Waals surface area contributed by atoms with Gasteiger partial charge >= 0.3 is 15.3 Å². The van der Waals surface area contributed by atoms with Crippen LogP contribution in [0.25, 0.3) is 0 Å². The molecule has 0 unspecified atom stereocenters. The number of aliphatic hydroxyl groups is 1. The lowest BCUT2D eigenvalue weighted by Gasteiger charge is -2.21. The number of carbonyl (C=O) groups excluding carboxylic acids is 1. The van der Waals surface area contributed by atoms with Gasteiger partial charge in [-0.2, -0.15) is 17.2 Å². The lowest BCUT2D eigenvalue weighted by Crippen LogP contribution is -2.38. The Labute approximate surface area is 165 Å². The first-order chi connectivity index (χ1) is 13.5. The highest BCUT2D eigenvalue weighted by atomic mass is 32.2. The molecule has 4 rings (SSSR count). The van der Waals surface area contributed by atoms with Crippen LogP contribution < -0.4 is 9.62 Å². The van der Waals surface area contributed by atoms with Crippen LogP contribution in [0, 0.1) is 5.82 Å². The van der Waals surface area contributed by atoms with Crippen molar-refractivity contribution in [2.24, 2.45) is 0 Å². The van der Waals surface area contributed by atoms with Gasteiger partial charge < -0.3 is 10.4 Å². The molecule has 154 valence electrons. The number of anilines is 2. The summed E-state index contributed by atoms with van der Waals surface area (Å²) in [4.78, 5) is 11.9. The molecule has 6 nitrogen and oxygen atoms in total. The molecule has 1 fully saturated rings. The number of benzene rings is 2. The molecule has 0 aromatic heterocycles. The Morgan fingerprint density at radius 1 is 1.21 bits per heavy atom. The zero-order chi connectivity index (χ0) is 21.2. The highest BCUT2D eigenvalue weighted by molar-refractivity contribution is 7.94. The number of rotatable bonds is 4. The van der Waals surface area contributed by atoms with E-state index in [9.17, 15) is 31.5 Å². The van der Waals surface area contributed by atoms with Gasteiger partial charge in [-0.05, 0) is 44.0 Å². The predicted molar refractivity (Wildman–Crippen MR) is 98.5 cm³/mol. The number of para-hydroxylation sites is 1. The average Bonchev–Trinajstić information content (AvgIpc) is 3.37. The maximum absolute atomic E-state index is 14.7. The third-order valence-corrected chi connectivity index (χ3v) is 6.94. The Bertz CT molecular complexity index is 1120. The van der Waals surface area contributed by atoms with Crippen molar-refractivity contribution >= 4 is 27.3 Å². The number of hydrogen-bond acceptors (Lipinski definition) is 4. The van der Waals surface area contributed by atoms with E-state index in [4.69, 9.17) is 0 Å². The van der Waals surface area contributed by atoms with Gasteiger partial charge in [-0.3, -0.25) is 4.79 Å². The van der Waals surface area contributed by atoms with Crippen molar-refractivity contribution in [3.63, 3.8) is 0 Å². The Morgan fingerprint density at radius 3 is 2.48 bits per heavy atom. The molecule has 1 saturated carbocycles. The highest BCUT2D eigenvalue weighted by Crippen LogP contribution is 2.52. The van der Waals surface area contributed by atoms with Gasteiger partial charge in [0, 0.05) is 5.56 Å². The minimum absolute atomic E-state index is 0.0305. The summed E-state index contributed by atoms with van der Waals surface area (Å²) >= 11 is 0. The van der Waals surface area contributed by atoms with Gasteiger partial charge in [0.15, 0.2) is 0 Å². The van der Waals surface area contributed by atoms with Crippen molar-refractivity contribution in [1.29, 1.82) is 0 Å². The van der Waals surface area contributed by atoms with Gasteiger partial charge in [0.1, 0.15) is 11.4 Å². The van der Waals surface area contributed by atoms with Gasteiger partial charge in [-0.15, -0.1) is 0 Å². The zero-order valence-electron chi connectivity index (χ0n) is 15.2. The quantitative estimate of drug-likeness (QED) is 0.787. The molecule has 0 bridgehead atoms. The molecule has 2 aromatic rings. The van der Waals surface area contributed by atoms with Gasteiger partial charge in [0.05, 0.1) is 23.0 Å². The van der Waals surface area contributed by atoms with Crippen LogP contribution in [0.4, 0.5) is 24.5 Å². The molecule has 0 radical (unpaired) electrons. The maximum Gasteiger partial charge on any atom is 0.391 e. The fourth-order valence-corrected chi connectivity index (χ4v) is 4.79. The summed E-state index contributed by atoms with van der Waals surface area (Å²) in [6, 6.07) is 7.38. The molecule has 1 aliphatic carbocycles. The molecule has 0 saturated heterocycles. The molecule has 2 aromatic carbocycles. The number of sulfonamides is 1. The Morgan fingerprint density at radius 2 is 1.86 bits per heavy atom. The molecule has 10 heteroatoms. The lowest BCUT2D eigenvalue weighted by molar-refractivity contribution is -0.132. The molecule has 1 aliphatic heterocycles. The smallest absolute Gasteiger partial charge is 0.380 e. The van der Waals surface area contributed by atoms with Crippen molar-refractivity contribution in [2.75, 3.05) is 4.31 Å². The Balaban J connectivity index is 1.69. The zero-order valence-corrected chi connectivity index (χ0v) is 16.0. The SMILES string of the molecule is C[C@@H](NC(=O)C1(O)CC1)c1ccc(N2c3ccccc3C(F)(F)S2(=O)=O)cc1F. The van der Waals surface area contributed by atoms with E-state index in [1.165, 1.54) is 37.3 Å². The number of fused-ring (bicyclic) bond motifs is 1. The summed E-state index contributed by atoms with van der Waals surface area (Å²) in [5, 5.41) is 8.15. The van der Waals surface area contributed by atoms with Gasteiger partial charge in [-0.1, -0.05) is 18.2 Å². The van der Waals surface area contributed by atoms with E-state index in [1.54, 1.807) is 0 Å². The number of nitrogens with zero attached hydrogens (tertiary/aromatic N) is 1. The molecule has 2 aliphatic rings. The van der Waals surface area contributed by atoms with Crippen molar-refractivity contribution in [1.82, 2.24) is 5.32 Å². The number of carbonyl (C=O) groups is 1. The molecular weight excluding hydrogens is 409 g/mol. The van der Waals surface area contributed by atoms with Crippen LogP contribution in [0.5, 0.6) is 0 Å². The van der Waals surface area contributed by atoms with Crippen LogP contribution in [0.1, 0.15) is 36.9 Å². The van der Waals surface area contributed by atoms with E-state index < -0.39 is 44.2 Å². The summed E-state index contributed by atoms with van der Waals surface area (Å²) < 4.78 is 68.9. The first-order valence-electron chi connectivity index (χ1n) is 8.84. The van der Waals surface area contributed by atoms with E-state index in [0.29, 0.717) is 17.1 Å². The second kappa shape index (κ2) is 6.20. The van der Waals surface area contributed by atoms with E-state index >= 15 is 0 Å². The fraction of sp³-hybridized carbons (Fsp3) is 0.316. The maximum atomic E-state index is 14.7. The summed E-state index contributed by atoms with van der Waals surface area (Å²) in [5.74, 6) is -1.50. The molecular formula is C19H17F3N2O4S. The average molecular weight is 426 g/mol. The van der Waals surface area contributed by atoms with Crippen LogP contribution >= 0.6 is 0 Å². The molecule has 2 N–H and O–H groups in total. The number of amides is 1. The molecule has 0 spiro atoms. The fourth-order valence-electron chi connectivity index (χ4n) is 3.31. The van der Waals surface area contributed by atoms with Crippen LogP contribution in [0.2, 0.25) is 0 Å². The van der Waals surface area contributed by atoms with Gasteiger partial charge in [0.25, 0.3) is 5.91 Å². The summed E-state index contributed by atoms with van der Waals surface area (Å²) in [7, 11) is -5.13. The second-order valence-corrected chi connectivity index (χ2v) is 9.06. The number of hydrogen-bond donors (Lipinski definition) is 2. The topological polar surface area (TPSA) is 86.7 Å². The van der Waals surface area contributed by atoms with Crippen LogP contribution in [-0.4, -0.2) is 25.0 Å². The summed E-state index contributed by atoms with van der Waals surface area (Å²) in [6.45, 7) is 1.50. The molecule has 1 atom stereocenters. The monoisotopic (exact) mass is 426 g/mol. The highest BCUT2D eigenvalue weighted by Gasteiger charge is 2.59. The summed E-state index contributed by atoms with van der Waals surface area (Å²) in [5.41, 5.74) is -2.60. The molecule has 29 heavy (non-hydrogen) atoms. The van der Waals surface area contributed by atoms with Gasteiger partial charge in [-0.25, -0.2) is 8.70 Å². The standard InChI is InChI=1S/C19H17F3N2O4S/c1-11(23-17(25)18(26)8-9-18)13-7-6-12(10-15(13)20)24-16-5-3-2-4-14(16)19(21,22)29(24,27)28/h2-7,10-11,26H,8-9H2,1H3,(H,23,25)/t11-/m1/s1. The Hall–Kier alpha value is -2.59. The molecule has 1 amide bonds. The number of alkyl halides is 2. The minimum atomic E-state index is -5.13. The largest absolute Gasteiger partial charge is 0.391 e. The van der Waals surface area contributed by atoms with E-state index in [-0.39, 0.29) is 16.9 Å². The number of halogens is 3. The third-order valence-electron chi connectivity index (χ3n) is 5.18. The minimum Gasteiger partial charge on any atom is -0.380 e. The van der Waals surface area contributed by atoms with Crippen molar-refractivity contribution in [3.05, 3.63) is 59.4 Å².